The van der Waals surface area contributed by atoms with Crippen LogP contribution in [0.5, 0.6) is 0 Å². The van der Waals surface area contributed by atoms with Gasteiger partial charge in [-0.05, 0) is 107 Å². The summed E-state index contributed by atoms with van der Waals surface area (Å²) < 4.78 is 4.52. The summed E-state index contributed by atoms with van der Waals surface area (Å²) in [5, 5.41) is 0. The molecular formula is C20H18BrIN2. The van der Waals surface area contributed by atoms with Crippen molar-refractivity contribution >= 4 is 50.4 Å². The van der Waals surface area contributed by atoms with Gasteiger partial charge in [-0.25, -0.2) is 0 Å². The normalized spacial score (nSPS) is 11.4. The van der Waals surface area contributed by atoms with E-state index in [9.17, 15) is 0 Å². The third-order valence-corrected chi connectivity index (χ3v) is 5.36. The maximum absolute atomic E-state index is 4.65. The molecule has 0 saturated carbocycles. The maximum Gasteiger partial charge on any atom is 0.0772 e. The predicted octanol–water partition coefficient (Wildman–Crippen LogP) is 6.52. The molecule has 0 saturated heterocycles. The highest BCUT2D eigenvalue weighted by Crippen LogP contribution is 2.27. The number of rotatable bonds is 3. The first-order valence-electron chi connectivity index (χ1n) is 7.71. The fourth-order valence-corrected chi connectivity index (χ4v) is 3.72. The van der Waals surface area contributed by atoms with Crippen LogP contribution in [0.2, 0.25) is 0 Å². The molecule has 3 rings (SSSR count). The maximum atomic E-state index is 4.65. The van der Waals surface area contributed by atoms with Gasteiger partial charge in [0.05, 0.1) is 5.69 Å². The minimum absolute atomic E-state index is 0.944. The molecule has 4 heteroatoms. The third-order valence-electron chi connectivity index (χ3n) is 4.00. The molecule has 0 aliphatic heterocycles. The van der Waals surface area contributed by atoms with E-state index in [4.69, 9.17) is 0 Å². The molecule has 2 aromatic carbocycles. The molecule has 0 aliphatic carbocycles. The van der Waals surface area contributed by atoms with Crippen molar-refractivity contribution in [3.63, 3.8) is 0 Å². The summed E-state index contributed by atoms with van der Waals surface area (Å²) in [6, 6.07) is 16.9. The van der Waals surface area contributed by atoms with Crippen molar-refractivity contribution in [3.8, 4) is 5.69 Å². The largest absolute Gasteiger partial charge is 0.318 e. The summed E-state index contributed by atoms with van der Waals surface area (Å²) in [4.78, 5) is 4.65. The Hall–Kier alpha value is -1.40. The first kappa shape index (κ1) is 17.4. The van der Waals surface area contributed by atoms with Crippen LogP contribution in [0.15, 0.2) is 58.0 Å². The summed E-state index contributed by atoms with van der Waals surface area (Å²) in [7, 11) is 0. The Bertz CT molecular complexity index is 908. The van der Waals surface area contributed by atoms with Crippen molar-refractivity contribution in [3.05, 3.63) is 79.1 Å². The Morgan fingerprint density at radius 3 is 2.38 bits per heavy atom. The van der Waals surface area contributed by atoms with E-state index in [-0.39, 0.29) is 0 Å². The number of hydrogen-bond donors (Lipinski definition) is 0. The molecule has 0 atom stereocenters. The number of aryl methyl sites for hydroxylation is 2. The number of benzene rings is 2. The van der Waals surface area contributed by atoms with Gasteiger partial charge in [0.15, 0.2) is 0 Å². The standard InChI is InChI=1S/C20H18BrIN2/c1-13-4-9-20(19(21)10-13)23-12-16-11-14(2)24(15(16)3)18-7-5-17(22)6-8-18/h4-12H,1-3H3. The zero-order valence-electron chi connectivity index (χ0n) is 13.8. The summed E-state index contributed by atoms with van der Waals surface area (Å²) in [5.41, 5.74) is 6.89. The number of hydrogen-bond acceptors (Lipinski definition) is 1. The molecule has 0 aliphatic rings. The summed E-state index contributed by atoms with van der Waals surface area (Å²) in [5.74, 6) is 0. The fourth-order valence-electron chi connectivity index (χ4n) is 2.76. The Kier molecular flexibility index (Phi) is 5.25. The van der Waals surface area contributed by atoms with Gasteiger partial charge < -0.3 is 4.57 Å². The highest BCUT2D eigenvalue weighted by atomic mass is 127. The van der Waals surface area contributed by atoms with E-state index in [0.717, 1.165) is 15.7 Å². The molecule has 1 heterocycles. The molecule has 0 fully saturated rings. The summed E-state index contributed by atoms with van der Waals surface area (Å²) in [6.07, 6.45) is 1.95. The zero-order chi connectivity index (χ0) is 17.3. The lowest BCUT2D eigenvalue weighted by Crippen LogP contribution is -1.99. The smallest absolute Gasteiger partial charge is 0.0772 e. The molecule has 0 spiro atoms. The van der Waals surface area contributed by atoms with E-state index in [2.05, 4.69) is 111 Å². The van der Waals surface area contributed by atoms with Gasteiger partial charge in [0, 0.05) is 36.9 Å². The van der Waals surface area contributed by atoms with Crippen molar-refractivity contribution in [2.45, 2.75) is 20.8 Å². The van der Waals surface area contributed by atoms with Crippen LogP contribution >= 0.6 is 38.5 Å². The van der Waals surface area contributed by atoms with Gasteiger partial charge in [-0.1, -0.05) is 6.07 Å². The highest BCUT2D eigenvalue weighted by molar-refractivity contribution is 14.1. The van der Waals surface area contributed by atoms with Crippen LogP contribution in [0.25, 0.3) is 5.69 Å². The van der Waals surface area contributed by atoms with Crippen molar-refractivity contribution < 1.29 is 0 Å². The number of aromatic nitrogens is 1. The van der Waals surface area contributed by atoms with Crippen LogP contribution in [0.4, 0.5) is 5.69 Å². The minimum atomic E-state index is 0.944. The molecule has 0 radical (unpaired) electrons. The Morgan fingerprint density at radius 2 is 1.71 bits per heavy atom. The summed E-state index contributed by atoms with van der Waals surface area (Å²) in [6.45, 7) is 6.34. The van der Waals surface area contributed by atoms with E-state index < -0.39 is 0 Å². The SMILES string of the molecule is Cc1ccc(N=Cc2cc(C)n(-c3ccc(I)cc3)c2C)c(Br)c1. The van der Waals surface area contributed by atoms with Crippen LogP contribution in [-0.4, -0.2) is 10.8 Å². The number of nitrogens with zero attached hydrogens (tertiary/aromatic N) is 2. The topological polar surface area (TPSA) is 17.3 Å². The average molecular weight is 493 g/mol. The average Bonchev–Trinajstić information content (AvgIpc) is 2.82. The lowest BCUT2D eigenvalue weighted by Gasteiger charge is -2.09. The molecule has 0 unspecified atom stereocenters. The minimum Gasteiger partial charge on any atom is -0.318 e. The Labute approximate surface area is 164 Å². The first-order chi connectivity index (χ1) is 11.5. The molecule has 3 aromatic rings. The quantitative estimate of drug-likeness (QED) is 0.292. The number of aliphatic imine (C=N–C) groups is 1. The van der Waals surface area contributed by atoms with Crippen molar-refractivity contribution in [1.29, 1.82) is 0 Å². The van der Waals surface area contributed by atoms with Crippen molar-refractivity contribution in [2.75, 3.05) is 0 Å². The second-order valence-electron chi connectivity index (χ2n) is 5.85. The predicted molar refractivity (Wildman–Crippen MR) is 114 cm³/mol. The van der Waals surface area contributed by atoms with Gasteiger partial charge >= 0.3 is 0 Å². The van der Waals surface area contributed by atoms with Crippen molar-refractivity contribution in [2.24, 2.45) is 4.99 Å². The van der Waals surface area contributed by atoms with Crippen LogP contribution in [0.3, 0.4) is 0 Å². The third kappa shape index (κ3) is 3.64. The molecule has 122 valence electrons. The number of halogens is 2. The zero-order valence-corrected chi connectivity index (χ0v) is 17.6. The highest BCUT2D eigenvalue weighted by Gasteiger charge is 2.09. The Balaban J connectivity index is 1.97. The van der Waals surface area contributed by atoms with Gasteiger partial charge in [0.2, 0.25) is 0 Å². The fraction of sp³-hybridized carbons (Fsp3) is 0.150. The second-order valence-corrected chi connectivity index (χ2v) is 7.95. The second kappa shape index (κ2) is 7.23. The molecular weight excluding hydrogens is 475 g/mol. The van der Waals surface area contributed by atoms with Gasteiger partial charge in [-0.3, -0.25) is 4.99 Å². The molecule has 0 N–H and O–H groups in total. The van der Waals surface area contributed by atoms with E-state index in [1.54, 1.807) is 0 Å². The Morgan fingerprint density at radius 1 is 1.00 bits per heavy atom. The molecule has 0 bridgehead atoms. The van der Waals surface area contributed by atoms with Gasteiger partial charge in [-0.2, -0.15) is 0 Å². The monoisotopic (exact) mass is 492 g/mol. The van der Waals surface area contributed by atoms with Gasteiger partial charge in [0.1, 0.15) is 0 Å². The lowest BCUT2D eigenvalue weighted by molar-refractivity contribution is 0.964. The van der Waals surface area contributed by atoms with Crippen LogP contribution in [-0.2, 0) is 0 Å². The van der Waals surface area contributed by atoms with Crippen molar-refractivity contribution in [1.82, 2.24) is 4.57 Å². The van der Waals surface area contributed by atoms with E-state index in [1.807, 2.05) is 12.3 Å². The van der Waals surface area contributed by atoms with Crippen LogP contribution in [0, 0.1) is 24.3 Å². The summed E-state index contributed by atoms with van der Waals surface area (Å²) >= 11 is 5.91. The van der Waals surface area contributed by atoms with Crippen LogP contribution < -0.4 is 0 Å². The first-order valence-corrected chi connectivity index (χ1v) is 9.58. The molecule has 24 heavy (non-hydrogen) atoms. The molecule has 1 aromatic heterocycles. The van der Waals surface area contributed by atoms with Crippen LogP contribution in [0.1, 0.15) is 22.5 Å². The van der Waals surface area contributed by atoms with E-state index in [1.165, 1.54) is 26.2 Å². The van der Waals surface area contributed by atoms with Gasteiger partial charge in [0.25, 0.3) is 0 Å². The van der Waals surface area contributed by atoms with E-state index in [0.29, 0.717) is 0 Å². The lowest BCUT2D eigenvalue weighted by atomic mass is 10.2. The van der Waals surface area contributed by atoms with Gasteiger partial charge in [-0.15, -0.1) is 0 Å². The molecule has 2 nitrogen and oxygen atoms in total. The molecule has 0 amide bonds. The van der Waals surface area contributed by atoms with E-state index >= 15 is 0 Å².